The zero-order valence-electron chi connectivity index (χ0n) is 10.7. The minimum absolute atomic E-state index is 0.0152. The van der Waals surface area contributed by atoms with Crippen molar-refractivity contribution in [1.29, 1.82) is 0 Å². The molecule has 1 aromatic carbocycles. The van der Waals surface area contributed by atoms with Gasteiger partial charge in [0.25, 0.3) is 0 Å². The summed E-state index contributed by atoms with van der Waals surface area (Å²) in [6, 6.07) is 9.02. The average molecular weight is 271 g/mol. The second-order valence-corrected chi connectivity index (χ2v) is 6.51. The zero-order valence-corrected chi connectivity index (χ0v) is 11.5. The first kappa shape index (κ1) is 15.1. The van der Waals surface area contributed by atoms with E-state index in [9.17, 15) is 13.5 Å². The Balaban J connectivity index is 2.44. The molecule has 0 aliphatic carbocycles. The van der Waals surface area contributed by atoms with E-state index in [0.29, 0.717) is 6.54 Å². The Bertz CT molecular complexity index is 431. The molecule has 0 saturated heterocycles. The summed E-state index contributed by atoms with van der Waals surface area (Å²) in [7, 11) is -3.26. The van der Waals surface area contributed by atoms with Crippen molar-refractivity contribution in [2.75, 3.05) is 18.8 Å². The van der Waals surface area contributed by atoms with Crippen LogP contribution >= 0.6 is 0 Å². The van der Waals surface area contributed by atoms with Crippen molar-refractivity contribution in [3.05, 3.63) is 35.9 Å². The predicted molar refractivity (Wildman–Crippen MR) is 73.1 cm³/mol. The summed E-state index contributed by atoms with van der Waals surface area (Å²) in [6.45, 7) is 3.13. The van der Waals surface area contributed by atoms with Crippen LogP contribution < -0.4 is 5.32 Å². The van der Waals surface area contributed by atoms with Gasteiger partial charge in [-0.05, 0) is 18.5 Å². The molecule has 0 spiro atoms. The minimum atomic E-state index is -3.26. The summed E-state index contributed by atoms with van der Waals surface area (Å²) in [6.07, 6.45) is 0.119. The highest BCUT2D eigenvalue weighted by Gasteiger charge is 2.17. The summed E-state index contributed by atoms with van der Waals surface area (Å²) >= 11 is 0. The topological polar surface area (TPSA) is 66.4 Å². The Hall–Kier alpha value is -0.910. The number of rotatable bonds is 8. The van der Waals surface area contributed by atoms with Crippen molar-refractivity contribution in [3.63, 3.8) is 0 Å². The second kappa shape index (κ2) is 7.51. The third-order valence-electron chi connectivity index (χ3n) is 2.48. The van der Waals surface area contributed by atoms with E-state index in [0.717, 1.165) is 18.5 Å². The Morgan fingerprint density at radius 2 is 1.94 bits per heavy atom. The van der Waals surface area contributed by atoms with Crippen LogP contribution in [0.15, 0.2) is 30.3 Å². The van der Waals surface area contributed by atoms with Gasteiger partial charge in [0.15, 0.2) is 9.84 Å². The van der Waals surface area contributed by atoms with Gasteiger partial charge in [0.05, 0.1) is 17.6 Å². The first-order valence-corrected chi connectivity index (χ1v) is 7.99. The molecule has 5 heteroatoms. The lowest BCUT2D eigenvalue weighted by atomic mass is 10.2. The number of hydrogen-bond donors (Lipinski definition) is 2. The van der Waals surface area contributed by atoms with E-state index in [1.807, 2.05) is 25.1 Å². The van der Waals surface area contributed by atoms with Crippen molar-refractivity contribution in [1.82, 2.24) is 5.32 Å². The van der Waals surface area contributed by atoms with Crippen molar-refractivity contribution >= 4 is 9.84 Å². The summed E-state index contributed by atoms with van der Waals surface area (Å²) < 4.78 is 23.7. The number of aliphatic hydroxyl groups is 1. The maximum Gasteiger partial charge on any atom is 0.157 e. The van der Waals surface area contributed by atoms with E-state index in [4.69, 9.17) is 0 Å². The van der Waals surface area contributed by atoms with Gasteiger partial charge in [-0.1, -0.05) is 37.3 Å². The molecule has 0 amide bonds. The molecular formula is C13H21NO3S. The third-order valence-corrected chi connectivity index (χ3v) is 4.15. The molecular weight excluding hydrogens is 250 g/mol. The van der Waals surface area contributed by atoms with Crippen LogP contribution in [0.25, 0.3) is 0 Å². The standard InChI is InChI=1S/C13H21NO3S/c1-2-8-14-9-13(15)11-18(16,17)10-12-6-4-3-5-7-12/h3-7,13-15H,2,8-11H2,1H3. The molecule has 4 nitrogen and oxygen atoms in total. The first-order chi connectivity index (χ1) is 8.53. The minimum Gasteiger partial charge on any atom is -0.391 e. The molecule has 0 radical (unpaired) electrons. The van der Waals surface area contributed by atoms with Gasteiger partial charge in [-0.3, -0.25) is 0 Å². The van der Waals surface area contributed by atoms with Crippen molar-refractivity contribution in [2.45, 2.75) is 25.2 Å². The zero-order chi connectivity index (χ0) is 13.4. The third kappa shape index (κ3) is 6.14. The fraction of sp³-hybridized carbons (Fsp3) is 0.538. The molecule has 1 rings (SSSR count). The monoisotopic (exact) mass is 271 g/mol. The smallest absolute Gasteiger partial charge is 0.157 e. The molecule has 0 heterocycles. The molecule has 1 unspecified atom stereocenters. The fourth-order valence-corrected chi connectivity index (χ4v) is 3.21. The van der Waals surface area contributed by atoms with Gasteiger partial charge in [0.2, 0.25) is 0 Å². The van der Waals surface area contributed by atoms with Gasteiger partial charge in [0.1, 0.15) is 0 Å². The maximum absolute atomic E-state index is 11.9. The average Bonchev–Trinajstić information content (AvgIpc) is 2.29. The number of sulfone groups is 1. The predicted octanol–water partition coefficient (Wildman–Crippen LogP) is 0.962. The Labute approximate surface area is 109 Å². The lowest BCUT2D eigenvalue weighted by Gasteiger charge is -2.12. The normalized spacial score (nSPS) is 13.4. The van der Waals surface area contributed by atoms with Crippen molar-refractivity contribution in [3.8, 4) is 0 Å². The molecule has 2 N–H and O–H groups in total. The molecule has 0 fully saturated rings. The molecule has 1 aromatic rings. The van der Waals surface area contributed by atoms with E-state index < -0.39 is 15.9 Å². The molecule has 1 atom stereocenters. The summed E-state index contributed by atoms with van der Waals surface area (Å²) in [4.78, 5) is 0. The van der Waals surface area contributed by atoms with E-state index in [1.54, 1.807) is 12.1 Å². The van der Waals surface area contributed by atoms with E-state index in [-0.39, 0.29) is 11.5 Å². The van der Waals surface area contributed by atoms with Crippen LogP contribution in [0.4, 0.5) is 0 Å². The quantitative estimate of drug-likeness (QED) is 0.691. The summed E-state index contributed by atoms with van der Waals surface area (Å²) in [5.41, 5.74) is 0.756. The highest BCUT2D eigenvalue weighted by Crippen LogP contribution is 2.07. The van der Waals surface area contributed by atoms with Crippen LogP contribution in [0.5, 0.6) is 0 Å². The van der Waals surface area contributed by atoms with Gasteiger partial charge in [-0.2, -0.15) is 0 Å². The molecule has 18 heavy (non-hydrogen) atoms. The molecule has 0 bridgehead atoms. The molecule has 102 valence electrons. The van der Waals surface area contributed by atoms with Crippen LogP contribution in [-0.2, 0) is 15.6 Å². The fourth-order valence-electron chi connectivity index (χ4n) is 1.68. The van der Waals surface area contributed by atoms with Crippen molar-refractivity contribution in [2.24, 2.45) is 0 Å². The number of nitrogens with one attached hydrogen (secondary N) is 1. The Morgan fingerprint density at radius 1 is 1.28 bits per heavy atom. The largest absolute Gasteiger partial charge is 0.391 e. The van der Waals surface area contributed by atoms with Gasteiger partial charge in [0, 0.05) is 6.54 Å². The SMILES string of the molecule is CCCNCC(O)CS(=O)(=O)Cc1ccccc1. The first-order valence-electron chi connectivity index (χ1n) is 6.16. The Kier molecular flexibility index (Phi) is 6.32. The van der Waals surface area contributed by atoms with Crippen molar-refractivity contribution < 1.29 is 13.5 Å². The molecule has 0 saturated carbocycles. The molecule has 0 aliphatic rings. The number of benzene rings is 1. The van der Waals surface area contributed by atoms with Crippen LogP contribution in [0.1, 0.15) is 18.9 Å². The van der Waals surface area contributed by atoms with E-state index >= 15 is 0 Å². The maximum atomic E-state index is 11.9. The second-order valence-electron chi connectivity index (χ2n) is 4.40. The van der Waals surface area contributed by atoms with Gasteiger partial charge >= 0.3 is 0 Å². The number of aliphatic hydroxyl groups excluding tert-OH is 1. The van der Waals surface area contributed by atoms with Gasteiger partial charge in [-0.25, -0.2) is 8.42 Å². The van der Waals surface area contributed by atoms with Crippen LogP contribution in [-0.4, -0.2) is 38.5 Å². The van der Waals surface area contributed by atoms with Crippen LogP contribution in [0.2, 0.25) is 0 Å². The van der Waals surface area contributed by atoms with Crippen LogP contribution in [0, 0.1) is 0 Å². The highest BCUT2D eigenvalue weighted by atomic mass is 32.2. The molecule has 0 aromatic heterocycles. The van der Waals surface area contributed by atoms with Crippen LogP contribution in [0.3, 0.4) is 0 Å². The van der Waals surface area contributed by atoms with Gasteiger partial charge in [-0.15, -0.1) is 0 Å². The molecule has 0 aliphatic heterocycles. The summed E-state index contributed by atoms with van der Waals surface area (Å²) in [5, 5.41) is 12.7. The van der Waals surface area contributed by atoms with Gasteiger partial charge < -0.3 is 10.4 Å². The van der Waals surface area contributed by atoms with E-state index in [2.05, 4.69) is 5.32 Å². The van der Waals surface area contributed by atoms with E-state index in [1.165, 1.54) is 0 Å². The summed E-state index contributed by atoms with van der Waals surface area (Å²) in [5.74, 6) is -0.211. The lowest BCUT2D eigenvalue weighted by molar-refractivity contribution is 0.194. The number of hydrogen-bond acceptors (Lipinski definition) is 4. The lowest BCUT2D eigenvalue weighted by Crippen LogP contribution is -2.33. The highest BCUT2D eigenvalue weighted by molar-refractivity contribution is 7.90. The Morgan fingerprint density at radius 3 is 2.56 bits per heavy atom.